The van der Waals surface area contributed by atoms with E-state index in [4.69, 9.17) is 5.21 Å². The van der Waals surface area contributed by atoms with Crippen LogP contribution in [0.3, 0.4) is 0 Å². The molecular formula is C31H35N5O4. The van der Waals surface area contributed by atoms with E-state index in [1.54, 1.807) is 12.1 Å². The van der Waals surface area contributed by atoms with Gasteiger partial charge in [-0.3, -0.25) is 14.8 Å². The second-order valence-corrected chi connectivity index (χ2v) is 9.43. The maximum absolute atomic E-state index is 12.3. The first kappa shape index (κ1) is 29.9. The van der Waals surface area contributed by atoms with Crippen LogP contribution in [0, 0.1) is 11.8 Å². The predicted octanol–water partition coefficient (Wildman–Crippen LogP) is 2.70. The quantitative estimate of drug-likeness (QED) is 0.125. The van der Waals surface area contributed by atoms with Crippen molar-refractivity contribution in [3.8, 4) is 11.8 Å². The number of rotatable bonds is 11. The zero-order chi connectivity index (χ0) is 29.1. The molecule has 3 rings (SSSR count). The average Bonchev–Trinajstić information content (AvgIpc) is 2.95. The zero-order valence-electron chi connectivity index (χ0n) is 22.9. The van der Waals surface area contributed by atoms with Gasteiger partial charge in [0.1, 0.15) is 6.04 Å². The molecule has 40 heavy (non-hydrogen) atoms. The second kappa shape index (κ2) is 14.5. The summed E-state index contributed by atoms with van der Waals surface area (Å²) in [4.78, 5) is 26.1. The first-order valence-corrected chi connectivity index (χ1v) is 12.7. The van der Waals surface area contributed by atoms with Crippen LogP contribution in [0.1, 0.15) is 29.2 Å². The molecule has 0 bridgehead atoms. The van der Waals surface area contributed by atoms with E-state index in [0.717, 1.165) is 22.4 Å². The largest absolute Gasteiger partial charge is 0.391 e. The maximum atomic E-state index is 12.3. The van der Waals surface area contributed by atoms with E-state index in [0.29, 0.717) is 23.5 Å². The van der Waals surface area contributed by atoms with Crippen LogP contribution in [0.4, 0.5) is 11.4 Å². The molecule has 0 aromatic heterocycles. The lowest BCUT2D eigenvalue weighted by Crippen LogP contribution is -2.48. The summed E-state index contributed by atoms with van der Waals surface area (Å²) in [6.07, 6.45) is -1.04. The van der Waals surface area contributed by atoms with Crippen LogP contribution in [0.2, 0.25) is 0 Å². The number of hydrogen-bond acceptors (Lipinski definition) is 7. The predicted molar refractivity (Wildman–Crippen MR) is 158 cm³/mol. The minimum Gasteiger partial charge on any atom is -0.391 e. The molecule has 0 radical (unpaired) electrons. The molecule has 0 heterocycles. The molecule has 3 aromatic carbocycles. The summed E-state index contributed by atoms with van der Waals surface area (Å²) in [6.45, 7) is 6.13. The number of aliphatic hydroxyl groups is 1. The molecule has 9 heteroatoms. The molecule has 0 aliphatic heterocycles. The molecule has 0 saturated heterocycles. The number of hydrogen-bond donors (Lipinski definition) is 6. The van der Waals surface area contributed by atoms with Crippen molar-refractivity contribution in [2.45, 2.75) is 25.6 Å². The normalized spacial score (nSPS) is 11.8. The minimum absolute atomic E-state index is 0.128. The van der Waals surface area contributed by atoms with Crippen molar-refractivity contribution in [2.75, 3.05) is 30.9 Å². The fraction of sp³-hybridized carbons (Fsp3) is 0.226. The number of anilines is 2. The lowest BCUT2D eigenvalue weighted by Gasteiger charge is -2.21. The van der Waals surface area contributed by atoms with Crippen molar-refractivity contribution in [3.63, 3.8) is 0 Å². The molecule has 208 valence electrons. The summed E-state index contributed by atoms with van der Waals surface area (Å²) in [5.74, 6) is 5.29. The van der Waals surface area contributed by atoms with Crippen LogP contribution in [-0.2, 0) is 16.1 Å². The van der Waals surface area contributed by atoms with E-state index in [1.165, 1.54) is 12.4 Å². The van der Waals surface area contributed by atoms with E-state index < -0.39 is 18.1 Å². The van der Waals surface area contributed by atoms with Gasteiger partial charge in [0, 0.05) is 48.8 Å². The van der Waals surface area contributed by atoms with Gasteiger partial charge in [-0.2, -0.15) is 0 Å². The third-order valence-electron chi connectivity index (χ3n) is 6.03. The number of nitrogens with zero attached hydrogens (tertiary/aromatic N) is 1. The molecule has 0 aliphatic carbocycles. The van der Waals surface area contributed by atoms with Gasteiger partial charge < -0.3 is 26.0 Å². The standard InChI is InChI=1S/C31H35N5O4/c1-21(33-30(22(2)37)31(39)35-40)26-13-7-23(8-14-26)5-6-24-9-15-27(16-10-24)34-29(38)20-32-19-25-11-17-28(18-12-25)36(3)4/h7-18,22,30,32-33,37,40H,1,19-20H2,2-4H3,(H,34,38)(H,35,39)/t22-,30+/m1/s1. The number of benzene rings is 3. The Morgan fingerprint density at radius 2 is 1.50 bits per heavy atom. The number of hydroxylamine groups is 1. The molecule has 0 unspecified atom stereocenters. The van der Waals surface area contributed by atoms with Crippen LogP contribution >= 0.6 is 0 Å². The number of aliphatic hydroxyl groups excluding tert-OH is 1. The Hall–Kier alpha value is -4.62. The van der Waals surface area contributed by atoms with Crippen LogP contribution in [0.5, 0.6) is 0 Å². The van der Waals surface area contributed by atoms with Crippen molar-refractivity contribution >= 4 is 28.9 Å². The first-order valence-electron chi connectivity index (χ1n) is 12.7. The summed E-state index contributed by atoms with van der Waals surface area (Å²) in [7, 11) is 3.99. The Labute approximate surface area is 234 Å². The van der Waals surface area contributed by atoms with Crippen LogP contribution < -0.4 is 26.3 Å². The smallest absolute Gasteiger partial charge is 0.268 e. The fourth-order valence-corrected chi connectivity index (χ4v) is 3.72. The Morgan fingerprint density at radius 1 is 0.925 bits per heavy atom. The molecule has 0 aliphatic rings. The number of carbonyl (C=O) groups excluding carboxylic acids is 2. The van der Waals surface area contributed by atoms with Gasteiger partial charge in [0.2, 0.25) is 5.91 Å². The van der Waals surface area contributed by atoms with E-state index in [-0.39, 0.29) is 12.5 Å². The zero-order valence-corrected chi connectivity index (χ0v) is 22.9. The molecule has 0 fully saturated rings. The lowest BCUT2D eigenvalue weighted by molar-refractivity contribution is -0.133. The van der Waals surface area contributed by atoms with E-state index in [9.17, 15) is 14.7 Å². The Balaban J connectivity index is 1.48. The summed E-state index contributed by atoms with van der Waals surface area (Å²) in [5, 5.41) is 27.5. The number of carbonyl (C=O) groups is 2. The molecular weight excluding hydrogens is 506 g/mol. The lowest BCUT2D eigenvalue weighted by atomic mass is 10.1. The monoisotopic (exact) mass is 541 g/mol. The van der Waals surface area contributed by atoms with Gasteiger partial charge in [-0.25, -0.2) is 5.48 Å². The Bertz CT molecular complexity index is 1360. The third-order valence-corrected chi connectivity index (χ3v) is 6.03. The van der Waals surface area contributed by atoms with Crippen molar-refractivity contribution in [1.82, 2.24) is 16.1 Å². The summed E-state index contributed by atoms with van der Waals surface area (Å²) in [5.41, 5.74) is 7.14. The summed E-state index contributed by atoms with van der Waals surface area (Å²) >= 11 is 0. The highest BCUT2D eigenvalue weighted by Gasteiger charge is 2.23. The van der Waals surface area contributed by atoms with Crippen molar-refractivity contribution < 1.29 is 19.9 Å². The van der Waals surface area contributed by atoms with Crippen molar-refractivity contribution in [3.05, 3.63) is 102 Å². The average molecular weight is 542 g/mol. The molecule has 9 nitrogen and oxygen atoms in total. The fourth-order valence-electron chi connectivity index (χ4n) is 3.72. The molecule has 0 spiro atoms. The first-order chi connectivity index (χ1) is 19.2. The topological polar surface area (TPSA) is 126 Å². The van der Waals surface area contributed by atoms with Gasteiger partial charge in [0.15, 0.2) is 0 Å². The molecule has 3 aromatic rings. The van der Waals surface area contributed by atoms with E-state index in [1.807, 2.05) is 79.7 Å². The molecule has 0 saturated carbocycles. The van der Waals surface area contributed by atoms with E-state index >= 15 is 0 Å². The maximum Gasteiger partial charge on any atom is 0.268 e. The van der Waals surface area contributed by atoms with Gasteiger partial charge in [-0.15, -0.1) is 0 Å². The number of nitrogens with one attached hydrogen (secondary N) is 4. The van der Waals surface area contributed by atoms with Gasteiger partial charge in [0.25, 0.3) is 5.91 Å². The van der Waals surface area contributed by atoms with Crippen LogP contribution in [0.15, 0.2) is 79.4 Å². The highest BCUT2D eigenvalue weighted by molar-refractivity contribution is 5.92. The second-order valence-electron chi connectivity index (χ2n) is 9.43. The highest BCUT2D eigenvalue weighted by Crippen LogP contribution is 2.14. The molecule has 2 amide bonds. The Morgan fingerprint density at radius 3 is 2.02 bits per heavy atom. The van der Waals surface area contributed by atoms with Crippen LogP contribution in [0.25, 0.3) is 5.70 Å². The van der Waals surface area contributed by atoms with Crippen LogP contribution in [-0.4, -0.2) is 54.9 Å². The SMILES string of the molecule is C=C(N[C@H](C(=O)NO)[C@@H](C)O)c1ccc(C#Cc2ccc(NC(=O)CNCc3ccc(N(C)C)cc3)cc2)cc1. The van der Waals surface area contributed by atoms with Crippen molar-refractivity contribution in [2.24, 2.45) is 0 Å². The van der Waals surface area contributed by atoms with E-state index in [2.05, 4.69) is 34.4 Å². The van der Waals surface area contributed by atoms with Gasteiger partial charge in [-0.05, 0) is 66.6 Å². The number of amides is 2. The van der Waals surface area contributed by atoms with Gasteiger partial charge >= 0.3 is 0 Å². The van der Waals surface area contributed by atoms with Crippen molar-refractivity contribution in [1.29, 1.82) is 0 Å². The molecule has 6 N–H and O–H groups in total. The Kier molecular flexibility index (Phi) is 10.9. The molecule has 2 atom stereocenters. The third kappa shape index (κ3) is 8.99. The van der Waals surface area contributed by atoms with Gasteiger partial charge in [-0.1, -0.05) is 42.7 Å². The minimum atomic E-state index is -1.05. The summed E-state index contributed by atoms with van der Waals surface area (Å²) < 4.78 is 0. The highest BCUT2D eigenvalue weighted by atomic mass is 16.5. The van der Waals surface area contributed by atoms with Gasteiger partial charge in [0.05, 0.1) is 12.6 Å². The summed E-state index contributed by atoms with van der Waals surface area (Å²) in [6, 6.07) is 21.6.